The molecule has 1 aromatic carbocycles. The molecule has 0 unspecified atom stereocenters. The minimum absolute atomic E-state index is 0.164. The van der Waals surface area contributed by atoms with Crippen molar-refractivity contribution in [2.75, 3.05) is 0 Å². The number of carbonyl (C=O) groups is 1. The molecule has 2 rings (SSSR count). The highest BCUT2D eigenvalue weighted by molar-refractivity contribution is 5.85. The molecule has 0 fully saturated rings. The van der Waals surface area contributed by atoms with Crippen molar-refractivity contribution in [3.63, 3.8) is 0 Å². The second kappa shape index (κ2) is 4.72. The second-order valence-electron chi connectivity index (χ2n) is 3.94. The van der Waals surface area contributed by atoms with Crippen LogP contribution < -0.4 is 0 Å². The van der Waals surface area contributed by atoms with E-state index in [0.29, 0.717) is 17.8 Å². The second-order valence-corrected chi connectivity index (χ2v) is 3.94. The molecule has 1 N–H and O–H groups in total. The van der Waals surface area contributed by atoms with E-state index in [0.717, 1.165) is 5.56 Å². The molecule has 90 valence electrons. The van der Waals surface area contributed by atoms with Crippen LogP contribution in [-0.4, -0.2) is 20.9 Å². The van der Waals surface area contributed by atoms with Gasteiger partial charge in [0.25, 0.3) is 0 Å². The van der Waals surface area contributed by atoms with Crippen LogP contribution in [0.4, 0.5) is 0 Å². The van der Waals surface area contributed by atoms with Crippen LogP contribution in [0, 0.1) is 18.3 Å². The van der Waals surface area contributed by atoms with Crippen molar-refractivity contribution < 1.29 is 9.90 Å². The molecule has 0 saturated carbocycles. The highest BCUT2D eigenvalue weighted by atomic mass is 16.4. The van der Waals surface area contributed by atoms with Gasteiger partial charge >= 0.3 is 5.97 Å². The first-order valence-corrected chi connectivity index (χ1v) is 5.37. The van der Waals surface area contributed by atoms with Gasteiger partial charge in [-0.05, 0) is 30.7 Å². The summed E-state index contributed by atoms with van der Waals surface area (Å²) in [5.41, 5.74) is 2.31. The van der Waals surface area contributed by atoms with E-state index in [1.165, 1.54) is 10.7 Å². The molecule has 1 aromatic heterocycles. The van der Waals surface area contributed by atoms with Gasteiger partial charge in [0.15, 0.2) is 0 Å². The van der Waals surface area contributed by atoms with Crippen molar-refractivity contribution in [3.8, 4) is 6.07 Å². The Bertz CT molecular complexity index is 621. The Labute approximate surface area is 104 Å². The Kier molecular flexibility index (Phi) is 3.11. The summed E-state index contributed by atoms with van der Waals surface area (Å²) in [4.78, 5) is 11.0. The van der Waals surface area contributed by atoms with Gasteiger partial charge in [-0.1, -0.05) is 12.1 Å². The summed E-state index contributed by atoms with van der Waals surface area (Å²) in [6, 6.07) is 10.6. The van der Waals surface area contributed by atoms with Crippen molar-refractivity contribution in [1.29, 1.82) is 5.26 Å². The molecule has 0 atom stereocenters. The zero-order valence-corrected chi connectivity index (χ0v) is 9.79. The number of carboxylic acids is 1. The molecule has 0 radical (unpaired) electrons. The molecule has 0 amide bonds. The lowest BCUT2D eigenvalue weighted by Gasteiger charge is -2.04. The van der Waals surface area contributed by atoms with E-state index >= 15 is 0 Å². The van der Waals surface area contributed by atoms with Gasteiger partial charge in [0.2, 0.25) is 0 Å². The quantitative estimate of drug-likeness (QED) is 0.888. The van der Waals surface area contributed by atoms with Gasteiger partial charge in [-0.15, -0.1) is 0 Å². The van der Waals surface area contributed by atoms with Crippen molar-refractivity contribution in [3.05, 3.63) is 52.8 Å². The first-order chi connectivity index (χ1) is 8.60. The van der Waals surface area contributed by atoms with E-state index in [-0.39, 0.29) is 5.69 Å². The minimum atomic E-state index is -0.996. The Morgan fingerprint density at radius 3 is 2.67 bits per heavy atom. The molecule has 2 aromatic rings. The number of hydrogen-bond donors (Lipinski definition) is 1. The molecule has 1 heterocycles. The van der Waals surface area contributed by atoms with Crippen LogP contribution in [-0.2, 0) is 6.54 Å². The summed E-state index contributed by atoms with van der Waals surface area (Å²) in [5.74, 6) is -0.996. The third-order valence-electron chi connectivity index (χ3n) is 2.54. The molecular formula is C13H11N3O2. The number of nitriles is 1. The van der Waals surface area contributed by atoms with Gasteiger partial charge in [0, 0.05) is 0 Å². The first kappa shape index (κ1) is 11.9. The molecule has 18 heavy (non-hydrogen) atoms. The van der Waals surface area contributed by atoms with Gasteiger partial charge in [-0.2, -0.15) is 10.4 Å². The summed E-state index contributed by atoms with van der Waals surface area (Å²) in [5, 5.41) is 21.9. The smallest absolute Gasteiger partial charge is 0.354 e. The van der Waals surface area contributed by atoms with Gasteiger partial charge in [0.1, 0.15) is 5.69 Å². The van der Waals surface area contributed by atoms with E-state index in [2.05, 4.69) is 5.10 Å². The van der Waals surface area contributed by atoms with Gasteiger partial charge < -0.3 is 5.11 Å². The number of rotatable bonds is 3. The van der Waals surface area contributed by atoms with Crippen LogP contribution in [0.15, 0.2) is 30.3 Å². The molecule has 0 aliphatic carbocycles. The van der Waals surface area contributed by atoms with Crippen molar-refractivity contribution in [1.82, 2.24) is 9.78 Å². The van der Waals surface area contributed by atoms with Crippen LogP contribution in [0.2, 0.25) is 0 Å². The zero-order chi connectivity index (χ0) is 13.1. The molecular weight excluding hydrogens is 230 g/mol. The fourth-order valence-electron chi connectivity index (χ4n) is 1.70. The van der Waals surface area contributed by atoms with E-state index < -0.39 is 5.97 Å². The third kappa shape index (κ3) is 2.38. The Hall–Kier alpha value is -2.61. The molecule has 0 aliphatic heterocycles. The Morgan fingerprint density at radius 1 is 1.44 bits per heavy atom. The molecule has 0 bridgehead atoms. The van der Waals surface area contributed by atoms with Crippen LogP contribution in [0.3, 0.4) is 0 Å². The highest BCUT2D eigenvalue weighted by Gasteiger charge is 2.12. The van der Waals surface area contributed by atoms with Crippen LogP contribution >= 0.6 is 0 Å². The molecule has 5 nitrogen and oxygen atoms in total. The largest absolute Gasteiger partial charge is 0.477 e. The lowest BCUT2D eigenvalue weighted by Crippen LogP contribution is -2.10. The Balaban J connectivity index is 2.28. The first-order valence-electron chi connectivity index (χ1n) is 5.37. The van der Waals surface area contributed by atoms with Crippen molar-refractivity contribution >= 4 is 5.97 Å². The summed E-state index contributed by atoms with van der Waals surface area (Å²) in [7, 11) is 0. The number of carboxylic acid groups (broad SMARTS) is 1. The summed E-state index contributed by atoms with van der Waals surface area (Å²) < 4.78 is 1.44. The van der Waals surface area contributed by atoms with Crippen molar-refractivity contribution in [2.24, 2.45) is 0 Å². The maximum Gasteiger partial charge on any atom is 0.354 e. The lowest BCUT2D eigenvalue weighted by atomic mass is 10.1. The molecule has 0 aliphatic rings. The zero-order valence-electron chi connectivity index (χ0n) is 9.79. The van der Waals surface area contributed by atoms with E-state index in [1.54, 1.807) is 31.2 Å². The number of aromatic carboxylic acids is 1. The number of aromatic nitrogens is 2. The van der Waals surface area contributed by atoms with Gasteiger partial charge in [-0.25, -0.2) is 4.79 Å². The fourth-order valence-corrected chi connectivity index (χ4v) is 1.70. The maximum atomic E-state index is 11.0. The SMILES string of the molecule is Cc1cc(C(=O)O)n(Cc2ccc(C#N)cc2)n1. The third-order valence-corrected chi connectivity index (χ3v) is 2.54. The number of aryl methyl sites for hydroxylation is 1. The van der Waals surface area contributed by atoms with E-state index in [4.69, 9.17) is 10.4 Å². The highest BCUT2D eigenvalue weighted by Crippen LogP contribution is 2.09. The maximum absolute atomic E-state index is 11.0. The monoisotopic (exact) mass is 241 g/mol. The molecule has 0 saturated heterocycles. The number of benzene rings is 1. The number of hydrogen-bond acceptors (Lipinski definition) is 3. The molecule has 5 heteroatoms. The summed E-state index contributed by atoms with van der Waals surface area (Å²) >= 11 is 0. The Morgan fingerprint density at radius 2 is 2.11 bits per heavy atom. The van der Waals surface area contributed by atoms with E-state index in [1.807, 2.05) is 6.07 Å². The normalized spacial score (nSPS) is 10.0. The van der Waals surface area contributed by atoms with Crippen LogP contribution in [0.5, 0.6) is 0 Å². The minimum Gasteiger partial charge on any atom is -0.477 e. The summed E-state index contributed by atoms with van der Waals surface area (Å²) in [6.07, 6.45) is 0. The predicted molar refractivity (Wildman–Crippen MR) is 64.2 cm³/mol. The summed E-state index contributed by atoms with van der Waals surface area (Å²) in [6.45, 7) is 2.13. The van der Waals surface area contributed by atoms with Crippen molar-refractivity contribution in [2.45, 2.75) is 13.5 Å². The standard InChI is InChI=1S/C13H11N3O2/c1-9-6-12(13(17)18)16(15-9)8-11-4-2-10(7-14)3-5-11/h2-6H,8H2,1H3,(H,17,18). The topological polar surface area (TPSA) is 78.9 Å². The predicted octanol–water partition coefficient (Wildman–Crippen LogP) is 1.81. The van der Waals surface area contributed by atoms with Gasteiger partial charge in [0.05, 0.1) is 23.9 Å². The van der Waals surface area contributed by atoms with Crippen LogP contribution in [0.1, 0.15) is 27.3 Å². The van der Waals surface area contributed by atoms with Gasteiger partial charge in [-0.3, -0.25) is 4.68 Å². The van der Waals surface area contributed by atoms with E-state index in [9.17, 15) is 4.79 Å². The fraction of sp³-hybridized carbons (Fsp3) is 0.154. The average Bonchev–Trinajstić information content (AvgIpc) is 2.71. The average molecular weight is 241 g/mol. The number of nitrogens with zero attached hydrogens (tertiary/aromatic N) is 3. The lowest BCUT2D eigenvalue weighted by molar-refractivity contribution is 0.0684. The van der Waals surface area contributed by atoms with Crippen LogP contribution in [0.25, 0.3) is 0 Å². The molecule has 0 spiro atoms.